The van der Waals surface area contributed by atoms with Gasteiger partial charge in [-0.15, -0.1) is 0 Å². The number of aryl methyl sites for hydroxylation is 1. The molecular weight excluding hydrogens is 236 g/mol. The molecule has 0 spiro atoms. The third kappa shape index (κ3) is 2.17. The fraction of sp³-hybridized carbons (Fsp3) is 0.462. The Morgan fingerprint density at radius 3 is 3.06 bits per heavy atom. The van der Waals surface area contributed by atoms with Crippen molar-refractivity contribution in [2.45, 2.75) is 31.3 Å². The normalized spacial score (nSPS) is 27.0. The molecule has 2 aliphatic rings. The van der Waals surface area contributed by atoms with Gasteiger partial charge in [0, 0.05) is 30.1 Å². The third-order valence-corrected chi connectivity index (χ3v) is 3.83. The Hall–Kier alpha value is -1.06. The molecule has 2 atom stereocenters. The van der Waals surface area contributed by atoms with Crippen LogP contribution in [0.4, 0.5) is 0 Å². The lowest BCUT2D eigenvalue weighted by Gasteiger charge is -2.18. The van der Waals surface area contributed by atoms with E-state index in [1.54, 1.807) is 0 Å². The van der Waals surface area contributed by atoms with Gasteiger partial charge in [0.25, 0.3) is 0 Å². The Bertz CT molecular complexity index is 461. The van der Waals surface area contributed by atoms with Crippen molar-refractivity contribution in [2.24, 2.45) is 0 Å². The Morgan fingerprint density at radius 1 is 1.41 bits per heavy atom. The minimum absolute atomic E-state index is 0.150. The molecule has 0 saturated carbocycles. The monoisotopic (exact) mass is 250 g/mol. The first-order valence-corrected chi connectivity index (χ1v) is 6.41. The van der Waals surface area contributed by atoms with Gasteiger partial charge in [-0.25, -0.2) is 0 Å². The van der Waals surface area contributed by atoms with Crippen LogP contribution in [-0.4, -0.2) is 18.5 Å². The maximum atomic E-state index is 11.1. The van der Waals surface area contributed by atoms with Crippen LogP contribution in [-0.2, 0) is 11.2 Å². The largest absolute Gasteiger partial charge is 0.354 e. The zero-order valence-electron chi connectivity index (χ0n) is 9.50. The molecule has 1 aliphatic carbocycles. The number of rotatable bonds is 2. The van der Waals surface area contributed by atoms with Gasteiger partial charge >= 0.3 is 0 Å². The topological polar surface area (TPSA) is 41.1 Å². The summed E-state index contributed by atoms with van der Waals surface area (Å²) >= 11 is 5.99. The van der Waals surface area contributed by atoms with E-state index in [9.17, 15) is 4.79 Å². The van der Waals surface area contributed by atoms with Crippen LogP contribution >= 0.6 is 11.6 Å². The molecule has 1 aromatic carbocycles. The molecule has 1 heterocycles. The quantitative estimate of drug-likeness (QED) is 0.841. The number of halogens is 1. The molecule has 2 unspecified atom stereocenters. The highest BCUT2D eigenvalue weighted by atomic mass is 35.5. The first-order chi connectivity index (χ1) is 8.22. The van der Waals surface area contributed by atoms with Gasteiger partial charge in [-0.2, -0.15) is 0 Å². The van der Waals surface area contributed by atoms with Gasteiger partial charge in [0.15, 0.2) is 0 Å². The van der Waals surface area contributed by atoms with Crippen LogP contribution in [0.1, 0.15) is 30.0 Å². The molecular formula is C13H15ClN2O. The highest BCUT2D eigenvalue weighted by Gasteiger charge is 2.28. The van der Waals surface area contributed by atoms with Crippen molar-refractivity contribution in [1.29, 1.82) is 0 Å². The number of hydrogen-bond donors (Lipinski definition) is 2. The number of hydrogen-bond acceptors (Lipinski definition) is 2. The SMILES string of the molecule is O=C1CC(NC2CCc3cc(Cl)ccc32)CN1. The summed E-state index contributed by atoms with van der Waals surface area (Å²) in [4.78, 5) is 11.1. The van der Waals surface area contributed by atoms with Gasteiger partial charge in [0.05, 0.1) is 0 Å². The van der Waals surface area contributed by atoms with Crippen LogP contribution in [0.25, 0.3) is 0 Å². The molecule has 2 N–H and O–H groups in total. The van der Waals surface area contributed by atoms with E-state index >= 15 is 0 Å². The Kier molecular flexibility index (Phi) is 2.81. The fourth-order valence-corrected chi connectivity index (χ4v) is 2.96. The molecule has 1 amide bonds. The average Bonchev–Trinajstić information content (AvgIpc) is 2.86. The Balaban J connectivity index is 1.73. The first-order valence-electron chi connectivity index (χ1n) is 6.03. The summed E-state index contributed by atoms with van der Waals surface area (Å²) in [5.41, 5.74) is 2.68. The molecule has 4 heteroatoms. The highest BCUT2D eigenvalue weighted by Crippen LogP contribution is 2.33. The second-order valence-corrected chi connectivity index (χ2v) is 5.24. The molecule has 1 aromatic rings. The van der Waals surface area contributed by atoms with E-state index in [0.717, 1.165) is 24.4 Å². The number of carbonyl (C=O) groups is 1. The second-order valence-electron chi connectivity index (χ2n) is 4.81. The summed E-state index contributed by atoms with van der Waals surface area (Å²) in [6.45, 7) is 0.748. The van der Waals surface area contributed by atoms with Gasteiger partial charge < -0.3 is 10.6 Å². The van der Waals surface area contributed by atoms with Crippen molar-refractivity contribution in [3.8, 4) is 0 Å². The lowest BCUT2D eigenvalue weighted by Crippen LogP contribution is -2.33. The Labute approximate surface area is 106 Å². The Morgan fingerprint density at radius 2 is 2.29 bits per heavy atom. The predicted octanol–water partition coefficient (Wildman–Crippen LogP) is 1.81. The summed E-state index contributed by atoms with van der Waals surface area (Å²) in [6, 6.07) is 6.75. The molecule has 90 valence electrons. The highest BCUT2D eigenvalue weighted by molar-refractivity contribution is 6.30. The summed E-state index contributed by atoms with van der Waals surface area (Å²) in [5.74, 6) is 0.150. The van der Waals surface area contributed by atoms with Crippen molar-refractivity contribution >= 4 is 17.5 Å². The van der Waals surface area contributed by atoms with E-state index in [1.165, 1.54) is 11.1 Å². The predicted molar refractivity (Wildman–Crippen MR) is 67.1 cm³/mol. The zero-order chi connectivity index (χ0) is 11.8. The molecule has 1 aliphatic heterocycles. The van der Waals surface area contributed by atoms with Crippen molar-refractivity contribution in [3.05, 3.63) is 34.3 Å². The van der Waals surface area contributed by atoms with Crippen LogP contribution in [0.2, 0.25) is 5.02 Å². The molecule has 0 bridgehead atoms. The second kappa shape index (κ2) is 4.31. The summed E-state index contributed by atoms with van der Waals surface area (Å²) in [7, 11) is 0. The first kappa shape index (κ1) is 11.1. The molecule has 0 aromatic heterocycles. The van der Waals surface area contributed by atoms with E-state index in [-0.39, 0.29) is 11.9 Å². The van der Waals surface area contributed by atoms with Crippen LogP contribution in [0.15, 0.2) is 18.2 Å². The molecule has 3 rings (SSSR count). The fourth-order valence-electron chi connectivity index (χ4n) is 2.77. The molecule has 1 saturated heterocycles. The third-order valence-electron chi connectivity index (χ3n) is 3.60. The maximum Gasteiger partial charge on any atom is 0.221 e. The average molecular weight is 251 g/mol. The summed E-state index contributed by atoms with van der Waals surface area (Å²) < 4.78 is 0. The smallest absolute Gasteiger partial charge is 0.221 e. The van der Waals surface area contributed by atoms with Crippen molar-refractivity contribution < 1.29 is 4.79 Å². The van der Waals surface area contributed by atoms with Gasteiger partial charge in [0.2, 0.25) is 5.91 Å². The number of nitrogens with one attached hydrogen (secondary N) is 2. The summed E-state index contributed by atoms with van der Waals surface area (Å²) in [6.07, 6.45) is 2.77. The van der Waals surface area contributed by atoms with Crippen LogP contribution in [0.5, 0.6) is 0 Å². The van der Waals surface area contributed by atoms with E-state index in [0.29, 0.717) is 12.5 Å². The van der Waals surface area contributed by atoms with E-state index in [4.69, 9.17) is 11.6 Å². The minimum Gasteiger partial charge on any atom is -0.354 e. The number of carbonyl (C=O) groups excluding carboxylic acids is 1. The van der Waals surface area contributed by atoms with E-state index < -0.39 is 0 Å². The molecule has 3 nitrogen and oxygen atoms in total. The lowest BCUT2D eigenvalue weighted by atomic mass is 10.1. The van der Waals surface area contributed by atoms with Gasteiger partial charge in [0.1, 0.15) is 0 Å². The van der Waals surface area contributed by atoms with E-state index in [1.807, 2.05) is 6.07 Å². The molecule has 1 fully saturated rings. The van der Waals surface area contributed by atoms with Gasteiger partial charge in [-0.1, -0.05) is 17.7 Å². The van der Waals surface area contributed by atoms with Crippen molar-refractivity contribution in [1.82, 2.24) is 10.6 Å². The number of benzene rings is 1. The van der Waals surface area contributed by atoms with Crippen LogP contribution < -0.4 is 10.6 Å². The van der Waals surface area contributed by atoms with E-state index in [2.05, 4.69) is 22.8 Å². The lowest BCUT2D eigenvalue weighted by molar-refractivity contribution is -0.119. The maximum absolute atomic E-state index is 11.1. The van der Waals surface area contributed by atoms with Crippen LogP contribution in [0, 0.1) is 0 Å². The number of fused-ring (bicyclic) bond motifs is 1. The van der Waals surface area contributed by atoms with Crippen molar-refractivity contribution in [2.75, 3.05) is 6.54 Å². The number of amides is 1. The van der Waals surface area contributed by atoms with Gasteiger partial charge in [-0.05, 0) is 36.1 Å². The van der Waals surface area contributed by atoms with Crippen molar-refractivity contribution in [3.63, 3.8) is 0 Å². The minimum atomic E-state index is 0.150. The molecule has 17 heavy (non-hydrogen) atoms. The van der Waals surface area contributed by atoms with Gasteiger partial charge in [-0.3, -0.25) is 4.79 Å². The van der Waals surface area contributed by atoms with Crippen LogP contribution in [0.3, 0.4) is 0 Å². The summed E-state index contributed by atoms with van der Waals surface area (Å²) in [5, 5.41) is 7.22. The standard InChI is InChI=1S/C13H15ClN2O/c14-9-2-3-11-8(5-9)1-4-12(11)16-10-6-13(17)15-7-10/h2-3,5,10,12,16H,1,4,6-7H2,(H,15,17). The zero-order valence-corrected chi connectivity index (χ0v) is 10.3. The molecule has 0 radical (unpaired) electrons.